The SMILES string of the molecule is O=C(CC[C@H]1CN(c2ccc(N3CCNN(C(=O)CCCF)CC3)c(F)c2)C(=O)O1)C(F)F. The Morgan fingerprint density at radius 1 is 1.18 bits per heavy atom. The van der Waals surface area contributed by atoms with Gasteiger partial charge in [0.15, 0.2) is 5.78 Å². The van der Waals surface area contributed by atoms with Gasteiger partial charge in [0, 0.05) is 32.5 Å². The molecule has 0 unspecified atom stereocenters. The summed E-state index contributed by atoms with van der Waals surface area (Å²) in [6.07, 6.45) is -4.73. The normalized spacial score (nSPS) is 19.1. The molecule has 2 fully saturated rings. The van der Waals surface area contributed by atoms with Crippen molar-refractivity contribution in [1.82, 2.24) is 10.4 Å². The van der Waals surface area contributed by atoms with Crippen LogP contribution in [0.25, 0.3) is 0 Å². The van der Waals surface area contributed by atoms with Crippen molar-refractivity contribution < 1.29 is 36.7 Å². The first kappa shape index (κ1) is 24.7. The van der Waals surface area contributed by atoms with E-state index in [1.54, 1.807) is 11.0 Å². The van der Waals surface area contributed by atoms with Gasteiger partial charge in [-0.2, -0.15) is 0 Å². The minimum atomic E-state index is -3.06. The Morgan fingerprint density at radius 2 is 1.97 bits per heavy atom. The number of ether oxygens (including phenoxy) is 1. The second-order valence-corrected chi connectivity index (χ2v) is 7.79. The number of hydrazine groups is 1. The molecule has 1 aromatic rings. The number of nitrogens with zero attached hydrogens (tertiary/aromatic N) is 3. The molecule has 1 atom stereocenters. The number of cyclic esters (lactones) is 1. The summed E-state index contributed by atoms with van der Waals surface area (Å²) in [5.41, 5.74) is 3.51. The van der Waals surface area contributed by atoms with Gasteiger partial charge in [0.2, 0.25) is 5.91 Å². The number of halogens is 4. The smallest absolute Gasteiger partial charge is 0.414 e. The fraction of sp³-hybridized carbons (Fsp3) is 0.571. The third kappa shape index (κ3) is 6.34. The van der Waals surface area contributed by atoms with Crippen molar-refractivity contribution in [2.45, 2.75) is 38.2 Å². The van der Waals surface area contributed by atoms with Gasteiger partial charge in [-0.25, -0.2) is 23.4 Å². The topological polar surface area (TPSA) is 82.2 Å². The number of amides is 2. The number of hydrogen-bond donors (Lipinski definition) is 1. The second-order valence-electron chi connectivity index (χ2n) is 7.79. The van der Waals surface area contributed by atoms with Gasteiger partial charge in [-0.05, 0) is 31.0 Å². The molecule has 0 radical (unpaired) electrons. The number of Topliss-reactive ketones (excluding diaryl/α,β-unsaturated/α-hetero) is 1. The summed E-state index contributed by atoms with van der Waals surface area (Å²) in [6.45, 7) is 0.926. The van der Waals surface area contributed by atoms with Crippen molar-refractivity contribution in [1.29, 1.82) is 0 Å². The number of anilines is 2. The maximum atomic E-state index is 14.9. The maximum absolute atomic E-state index is 14.9. The van der Waals surface area contributed by atoms with Gasteiger partial charge < -0.3 is 9.64 Å². The summed E-state index contributed by atoms with van der Waals surface area (Å²) < 4.78 is 57.0. The number of alkyl halides is 3. The molecule has 2 amide bonds. The number of rotatable bonds is 9. The minimum Gasteiger partial charge on any atom is -0.444 e. The van der Waals surface area contributed by atoms with E-state index in [9.17, 15) is 31.9 Å². The number of hydrogen-bond acceptors (Lipinski definition) is 6. The molecule has 0 bridgehead atoms. The zero-order chi connectivity index (χ0) is 24.0. The second kappa shape index (κ2) is 11.3. The molecule has 0 aromatic heterocycles. The van der Waals surface area contributed by atoms with Crippen molar-refractivity contribution in [3.63, 3.8) is 0 Å². The zero-order valence-corrected chi connectivity index (χ0v) is 17.9. The molecule has 12 heteroatoms. The standard InChI is InChI=1S/C21H26F4N4O4/c22-7-1-2-19(31)29-11-10-27(9-8-26-29)17-5-3-14(12-16(17)23)28-13-15(33-21(28)32)4-6-18(30)20(24)25/h3,5,12,15,20,26H,1-2,4,6-11,13H2/t15-/m0/s1. The average molecular weight is 474 g/mol. The van der Waals surface area contributed by atoms with E-state index < -0.39 is 43.3 Å². The van der Waals surface area contributed by atoms with Gasteiger partial charge in [-0.15, -0.1) is 0 Å². The fourth-order valence-corrected chi connectivity index (χ4v) is 3.75. The van der Waals surface area contributed by atoms with E-state index in [0.717, 1.165) is 0 Å². The predicted molar refractivity (Wildman–Crippen MR) is 111 cm³/mol. The Bertz CT molecular complexity index is 873. The van der Waals surface area contributed by atoms with Crippen LogP contribution in [0.5, 0.6) is 0 Å². The van der Waals surface area contributed by atoms with Crippen molar-refractivity contribution in [2.24, 2.45) is 0 Å². The van der Waals surface area contributed by atoms with E-state index in [0.29, 0.717) is 31.9 Å². The summed E-state index contributed by atoms with van der Waals surface area (Å²) in [5, 5.41) is 1.42. The lowest BCUT2D eigenvalue weighted by Crippen LogP contribution is -2.43. The maximum Gasteiger partial charge on any atom is 0.414 e. The summed E-state index contributed by atoms with van der Waals surface area (Å²) in [5.74, 6) is -2.01. The molecule has 182 valence electrons. The van der Waals surface area contributed by atoms with Gasteiger partial charge >= 0.3 is 6.09 Å². The van der Waals surface area contributed by atoms with E-state index in [2.05, 4.69) is 5.43 Å². The van der Waals surface area contributed by atoms with Crippen molar-refractivity contribution in [2.75, 3.05) is 49.2 Å². The molecule has 1 N–H and O–H groups in total. The molecule has 0 aliphatic carbocycles. The van der Waals surface area contributed by atoms with E-state index in [1.807, 2.05) is 0 Å². The van der Waals surface area contributed by atoms with Gasteiger partial charge in [-0.1, -0.05) is 0 Å². The van der Waals surface area contributed by atoms with Gasteiger partial charge in [0.25, 0.3) is 6.43 Å². The molecular formula is C21H26F4N4O4. The molecule has 3 rings (SSSR count). The Hall–Kier alpha value is -2.89. The Kier molecular flexibility index (Phi) is 8.48. The molecular weight excluding hydrogens is 448 g/mol. The first-order valence-corrected chi connectivity index (χ1v) is 10.7. The molecule has 2 aliphatic rings. The van der Waals surface area contributed by atoms with E-state index in [-0.39, 0.29) is 37.4 Å². The van der Waals surface area contributed by atoms with Crippen LogP contribution in [-0.2, 0) is 14.3 Å². The summed E-state index contributed by atoms with van der Waals surface area (Å²) in [4.78, 5) is 38.3. The van der Waals surface area contributed by atoms with Crippen LogP contribution in [0.15, 0.2) is 18.2 Å². The molecule has 2 aliphatic heterocycles. The molecule has 0 spiro atoms. The number of benzene rings is 1. The first-order chi connectivity index (χ1) is 15.8. The highest BCUT2D eigenvalue weighted by Crippen LogP contribution is 2.29. The average Bonchev–Trinajstić information content (AvgIpc) is 2.99. The number of nitrogens with one attached hydrogen (secondary N) is 1. The summed E-state index contributed by atoms with van der Waals surface area (Å²) in [7, 11) is 0. The van der Waals surface area contributed by atoms with Crippen LogP contribution in [0.1, 0.15) is 25.7 Å². The van der Waals surface area contributed by atoms with E-state index >= 15 is 0 Å². The van der Waals surface area contributed by atoms with Gasteiger partial charge in [-0.3, -0.25) is 23.9 Å². The fourth-order valence-electron chi connectivity index (χ4n) is 3.75. The van der Waals surface area contributed by atoms with Crippen molar-refractivity contribution in [3.8, 4) is 0 Å². The third-order valence-electron chi connectivity index (χ3n) is 5.52. The molecule has 8 nitrogen and oxygen atoms in total. The zero-order valence-electron chi connectivity index (χ0n) is 17.9. The van der Waals surface area contributed by atoms with Crippen LogP contribution in [0.2, 0.25) is 0 Å². The molecule has 2 saturated heterocycles. The quantitative estimate of drug-likeness (QED) is 0.555. The highest BCUT2D eigenvalue weighted by Gasteiger charge is 2.33. The summed E-state index contributed by atoms with van der Waals surface area (Å²) >= 11 is 0. The lowest BCUT2D eigenvalue weighted by atomic mass is 10.1. The van der Waals surface area contributed by atoms with Crippen molar-refractivity contribution in [3.05, 3.63) is 24.0 Å². The minimum absolute atomic E-state index is 0.0255. The van der Waals surface area contributed by atoms with Crippen LogP contribution >= 0.6 is 0 Å². The summed E-state index contributed by atoms with van der Waals surface area (Å²) in [6, 6.07) is 4.26. The monoisotopic (exact) mass is 474 g/mol. The van der Waals surface area contributed by atoms with E-state index in [1.165, 1.54) is 22.0 Å². The number of carbonyl (C=O) groups is 3. The highest BCUT2D eigenvalue weighted by molar-refractivity contribution is 5.90. The molecule has 1 aromatic carbocycles. The highest BCUT2D eigenvalue weighted by atomic mass is 19.3. The van der Waals surface area contributed by atoms with Crippen LogP contribution in [-0.4, -0.2) is 74.7 Å². The van der Waals surface area contributed by atoms with Gasteiger partial charge in [0.1, 0.15) is 11.9 Å². The predicted octanol–water partition coefficient (Wildman–Crippen LogP) is 2.67. The largest absolute Gasteiger partial charge is 0.444 e. The number of ketones is 1. The third-order valence-corrected chi connectivity index (χ3v) is 5.52. The molecule has 2 heterocycles. The van der Waals surface area contributed by atoms with Crippen molar-refractivity contribution >= 4 is 29.2 Å². The molecule has 0 saturated carbocycles. The van der Waals surface area contributed by atoms with Crippen LogP contribution in [0.3, 0.4) is 0 Å². The lowest BCUT2D eigenvalue weighted by Gasteiger charge is -2.24. The first-order valence-electron chi connectivity index (χ1n) is 10.7. The van der Waals surface area contributed by atoms with Crippen LogP contribution < -0.4 is 15.2 Å². The van der Waals surface area contributed by atoms with Crippen LogP contribution in [0.4, 0.5) is 33.7 Å². The van der Waals surface area contributed by atoms with Crippen LogP contribution in [0, 0.1) is 5.82 Å². The van der Waals surface area contributed by atoms with E-state index in [4.69, 9.17) is 4.74 Å². The van der Waals surface area contributed by atoms with Gasteiger partial charge in [0.05, 0.1) is 31.1 Å². The molecule has 33 heavy (non-hydrogen) atoms. The Morgan fingerprint density at radius 3 is 2.67 bits per heavy atom. The Balaban J connectivity index is 1.60. The number of carbonyl (C=O) groups excluding carboxylic acids is 3. The lowest BCUT2D eigenvalue weighted by molar-refractivity contribution is -0.134. The Labute approximate surface area is 188 Å².